The van der Waals surface area contributed by atoms with E-state index in [1.165, 1.54) is 25.1 Å². The van der Waals surface area contributed by atoms with Gasteiger partial charge in [-0.15, -0.1) is 0 Å². The Labute approximate surface area is 105 Å². The van der Waals surface area contributed by atoms with Crippen molar-refractivity contribution in [3.05, 3.63) is 12.2 Å². The molecule has 1 aliphatic heterocycles. The van der Waals surface area contributed by atoms with Gasteiger partial charge in [-0.25, -0.2) is 4.99 Å². The molecule has 1 N–H and O–H groups in total. The maximum atomic E-state index is 9.20. The fourth-order valence-electron chi connectivity index (χ4n) is 2.61. The van der Waals surface area contributed by atoms with Crippen LogP contribution in [-0.2, 0) is 0 Å². The molecule has 0 aliphatic carbocycles. The number of allylic oxidation sites excluding steroid dienone is 2. The maximum absolute atomic E-state index is 9.20. The van der Waals surface area contributed by atoms with Gasteiger partial charge in [0.25, 0.3) is 0 Å². The lowest BCUT2D eigenvalue weighted by molar-refractivity contribution is -0.835. The zero-order chi connectivity index (χ0) is 12.6. The van der Waals surface area contributed by atoms with Crippen molar-refractivity contribution in [1.29, 1.82) is 0 Å². The summed E-state index contributed by atoms with van der Waals surface area (Å²) >= 11 is 0. The zero-order valence-electron chi connectivity index (χ0n) is 11.4. The Morgan fingerprint density at radius 2 is 2.24 bits per heavy atom. The molecule has 3 nitrogen and oxygen atoms in total. The van der Waals surface area contributed by atoms with Gasteiger partial charge in [-0.1, -0.05) is 12.2 Å². The molecular weight excluding hydrogens is 212 g/mol. The number of hydrogen-bond acceptors (Lipinski definition) is 2. The van der Waals surface area contributed by atoms with Crippen molar-refractivity contribution in [3.63, 3.8) is 0 Å². The van der Waals surface area contributed by atoms with Gasteiger partial charge in [-0.2, -0.15) is 0 Å². The number of aliphatic imine (C=N–C) groups is 1. The Hall–Kier alpha value is -0.670. The van der Waals surface area contributed by atoms with Crippen molar-refractivity contribution in [2.45, 2.75) is 39.5 Å². The molecule has 3 heteroatoms. The molecule has 1 aliphatic rings. The predicted molar refractivity (Wildman–Crippen MR) is 73.2 cm³/mol. The van der Waals surface area contributed by atoms with Crippen LogP contribution in [-0.4, -0.2) is 48.2 Å². The second kappa shape index (κ2) is 7.62. The van der Waals surface area contributed by atoms with Crippen LogP contribution in [0.2, 0.25) is 0 Å². The van der Waals surface area contributed by atoms with Crippen LogP contribution in [0.5, 0.6) is 0 Å². The number of hydrogen-bond donors (Lipinski definition) is 1. The minimum Gasteiger partial charge on any atom is -0.390 e. The quantitative estimate of drug-likeness (QED) is 0.394. The van der Waals surface area contributed by atoms with Crippen molar-refractivity contribution in [1.82, 2.24) is 0 Å². The molecule has 0 fully saturated rings. The third kappa shape index (κ3) is 3.93. The van der Waals surface area contributed by atoms with E-state index >= 15 is 0 Å². The second-order valence-electron chi connectivity index (χ2n) is 4.74. The molecule has 0 bridgehead atoms. The number of nitrogens with zero attached hydrogens (tertiary/aromatic N) is 2. The van der Waals surface area contributed by atoms with Crippen LogP contribution in [0.1, 0.15) is 39.5 Å². The van der Waals surface area contributed by atoms with E-state index < -0.39 is 0 Å². The van der Waals surface area contributed by atoms with Crippen LogP contribution in [0.3, 0.4) is 0 Å². The van der Waals surface area contributed by atoms with Gasteiger partial charge in [-0.05, 0) is 33.1 Å². The van der Waals surface area contributed by atoms with Gasteiger partial charge in [0.2, 0.25) is 0 Å². The topological polar surface area (TPSA) is 32.6 Å². The average molecular weight is 239 g/mol. The first-order valence-electron chi connectivity index (χ1n) is 6.91. The van der Waals surface area contributed by atoms with Crippen LogP contribution in [0.15, 0.2) is 17.1 Å². The van der Waals surface area contributed by atoms with Gasteiger partial charge in [0.15, 0.2) is 5.84 Å². The van der Waals surface area contributed by atoms with E-state index in [-0.39, 0.29) is 6.61 Å². The van der Waals surface area contributed by atoms with Crippen LogP contribution >= 0.6 is 0 Å². The number of aliphatic hydroxyl groups excluding tert-OH is 1. The highest BCUT2D eigenvalue weighted by atomic mass is 16.3. The van der Waals surface area contributed by atoms with E-state index in [1.54, 1.807) is 0 Å². The highest BCUT2D eigenvalue weighted by molar-refractivity contribution is 5.76. The summed E-state index contributed by atoms with van der Waals surface area (Å²) in [5, 5.41) is 9.20. The molecule has 17 heavy (non-hydrogen) atoms. The molecule has 0 radical (unpaired) electrons. The Bertz CT molecular complexity index is 273. The number of unbranched alkanes of at least 4 members (excludes halogenated alkanes) is 2. The monoisotopic (exact) mass is 239 g/mol. The van der Waals surface area contributed by atoms with E-state index in [9.17, 15) is 5.11 Å². The Morgan fingerprint density at radius 3 is 2.88 bits per heavy atom. The summed E-state index contributed by atoms with van der Waals surface area (Å²) in [6.07, 6.45) is 9.08. The third-order valence-electron chi connectivity index (χ3n) is 3.76. The van der Waals surface area contributed by atoms with Crippen molar-refractivity contribution < 1.29 is 9.59 Å². The smallest absolute Gasteiger partial charge is 0.198 e. The fraction of sp³-hybridized carbons (Fsp3) is 0.786. The number of amidine groups is 1. The van der Waals surface area contributed by atoms with Crippen LogP contribution in [0.4, 0.5) is 0 Å². The lowest BCUT2D eigenvalue weighted by Crippen LogP contribution is -2.52. The summed E-state index contributed by atoms with van der Waals surface area (Å²) in [6, 6.07) is 0. The van der Waals surface area contributed by atoms with Crippen molar-refractivity contribution >= 4 is 5.84 Å². The molecule has 0 amide bonds. The van der Waals surface area contributed by atoms with Gasteiger partial charge in [0, 0.05) is 6.42 Å². The van der Waals surface area contributed by atoms with E-state index in [1.807, 2.05) is 0 Å². The minimum atomic E-state index is 0.269. The second-order valence-corrected chi connectivity index (χ2v) is 4.74. The molecule has 0 spiro atoms. The molecule has 1 rings (SSSR count). The van der Waals surface area contributed by atoms with E-state index in [0.717, 1.165) is 37.1 Å². The number of quaternary nitrogens is 1. The summed E-state index contributed by atoms with van der Waals surface area (Å²) in [4.78, 5) is 4.66. The molecular formula is C14H27N2O+. The molecule has 1 unspecified atom stereocenters. The summed E-state index contributed by atoms with van der Waals surface area (Å²) in [6.45, 7) is 8.47. The highest BCUT2D eigenvalue weighted by Gasteiger charge is 2.35. The normalized spacial score (nSPS) is 24.5. The SMILES string of the molecule is C/C=C/CCCCC1=NCC[N+]1(CC)CCO. The van der Waals surface area contributed by atoms with Crippen molar-refractivity contribution in [2.75, 3.05) is 32.8 Å². The minimum absolute atomic E-state index is 0.269. The van der Waals surface area contributed by atoms with E-state index in [4.69, 9.17) is 0 Å². The highest BCUT2D eigenvalue weighted by Crippen LogP contribution is 2.19. The van der Waals surface area contributed by atoms with Gasteiger partial charge >= 0.3 is 0 Å². The molecule has 0 aromatic heterocycles. The van der Waals surface area contributed by atoms with Gasteiger partial charge in [-0.3, -0.25) is 4.48 Å². The third-order valence-corrected chi connectivity index (χ3v) is 3.76. The first-order valence-corrected chi connectivity index (χ1v) is 6.91. The van der Waals surface area contributed by atoms with Gasteiger partial charge in [0.1, 0.15) is 13.1 Å². The average Bonchev–Trinajstić information content (AvgIpc) is 2.73. The van der Waals surface area contributed by atoms with Gasteiger partial charge < -0.3 is 5.11 Å². The molecule has 0 saturated heterocycles. The molecule has 98 valence electrons. The number of aliphatic hydroxyl groups is 1. The Balaban J connectivity index is 2.40. The summed E-state index contributed by atoms with van der Waals surface area (Å²) in [7, 11) is 0. The van der Waals surface area contributed by atoms with Crippen LogP contribution in [0, 0.1) is 0 Å². The van der Waals surface area contributed by atoms with Crippen LogP contribution < -0.4 is 0 Å². The fourth-order valence-corrected chi connectivity index (χ4v) is 2.61. The Morgan fingerprint density at radius 1 is 1.41 bits per heavy atom. The zero-order valence-corrected chi connectivity index (χ0v) is 11.4. The number of likely N-dealkylation sites (N-methyl/N-ethyl adjacent to an activating group) is 1. The van der Waals surface area contributed by atoms with Gasteiger partial charge in [0.05, 0.1) is 19.7 Å². The summed E-state index contributed by atoms with van der Waals surface area (Å²) < 4.78 is 0.931. The van der Waals surface area contributed by atoms with Crippen molar-refractivity contribution in [2.24, 2.45) is 4.99 Å². The summed E-state index contributed by atoms with van der Waals surface area (Å²) in [5.41, 5.74) is 0. The first-order chi connectivity index (χ1) is 8.29. The van der Waals surface area contributed by atoms with Crippen molar-refractivity contribution in [3.8, 4) is 0 Å². The molecule has 0 saturated carbocycles. The summed E-state index contributed by atoms with van der Waals surface area (Å²) in [5.74, 6) is 1.32. The lowest BCUT2D eigenvalue weighted by Gasteiger charge is -2.33. The standard InChI is InChI=1S/C14H27N2O/c1-3-5-6-7-8-9-14-15-10-11-16(14,4-2)12-13-17/h3,5,17H,4,6-13H2,1-2H3/q+1/b5-3+. The molecule has 1 heterocycles. The Kier molecular flexibility index (Phi) is 6.45. The van der Waals surface area contributed by atoms with E-state index in [0.29, 0.717) is 0 Å². The van der Waals surface area contributed by atoms with E-state index in [2.05, 4.69) is 31.0 Å². The first kappa shape index (κ1) is 14.4. The lowest BCUT2D eigenvalue weighted by atomic mass is 10.1. The molecule has 0 aromatic carbocycles. The molecule has 1 atom stereocenters. The number of rotatable bonds is 8. The maximum Gasteiger partial charge on any atom is 0.198 e. The largest absolute Gasteiger partial charge is 0.390 e. The van der Waals surface area contributed by atoms with Crippen LogP contribution in [0.25, 0.3) is 0 Å². The molecule has 0 aromatic rings. The predicted octanol–water partition coefficient (Wildman–Crippen LogP) is 2.36.